The molecule has 0 spiro atoms. The third-order valence-corrected chi connectivity index (χ3v) is 4.65. The summed E-state index contributed by atoms with van der Waals surface area (Å²) >= 11 is 0. The molecule has 2 heterocycles. The van der Waals surface area contributed by atoms with Gasteiger partial charge in [0.15, 0.2) is 0 Å². The Hall–Kier alpha value is -1.67. The van der Waals surface area contributed by atoms with Gasteiger partial charge < -0.3 is 0 Å². The summed E-state index contributed by atoms with van der Waals surface area (Å²) in [4.78, 5) is 0.194. The predicted octanol–water partition coefficient (Wildman–Crippen LogP) is 0.283. The van der Waals surface area contributed by atoms with Gasteiger partial charge in [-0.1, -0.05) is 0 Å². The second-order valence-corrected chi connectivity index (χ2v) is 6.57. The first-order chi connectivity index (χ1) is 8.80. The monoisotopic (exact) mass is 283 g/mol. The van der Waals surface area contributed by atoms with Gasteiger partial charge in [-0.2, -0.15) is 14.5 Å². The van der Waals surface area contributed by atoms with Crippen LogP contribution in [0.2, 0.25) is 0 Å². The van der Waals surface area contributed by atoms with Crippen molar-refractivity contribution < 1.29 is 8.42 Å². The fourth-order valence-corrected chi connectivity index (χ4v) is 2.98. The number of aryl methyl sites for hydroxylation is 3. The zero-order valence-corrected chi connectivity index (χ0v) is 12.2. The first-order valence-electron chi connectivity index (χ1n) is 5.75. The molecule has 0 atom stereocenters. The molecule has 0 unspecified atom stereocenters. The van der Waals surface area contributed by atoms with Crippen LogP contribution in [0.5, 0.6) is 0 Å². The summed E-state index contributed by atoms with van der Waals surface area (Å²) in [7, 11) is 1.54. The summed E-state index contributed by atoms with van der Waals surface area (Å²) in [6.07, 6.45) is 4.66. The molecule has 0 radical (unpaired) electrons. The molecule has 0 aliphatic heterocycles. The molecule has 19 heavy (non-hydrogen) atoms. The average molecular weight is 283 g/mol. The summed E-state index contributed by atoms with van der Waals surface area (Å²) in [5.41, 5.74) is 1.72. The quantitative estimate of drug-likeness (QED) is 0.808. The Morgan fingerprint density at radius 1 is 1.26 bits per heavy atom. The maximum Gasteiger partial charge on any atom is 0.246 e. The summed E-state index contributed by atoms with van der Waals surface area (Å²) in [6, 6.07) is 0. The smallest absolute Gasteiger partial charge is 0.246 e. The topological polar surface area (TPSA) is 73.0 Å². The fourth-order valence-electron chi connectivity index (χ4n) is 1.84. The summed E-state index contributed by atoms with van der Waals surface area (Å²) in [6.45, 7) is 2.15. The molecule has 0 saturated carbocycles. The summed E-state index contributed by atoms with van der Waals surface area (Å²) in [5, 5.41) is 8.09. The molecule has 104 valence electrons. The fraction of sp³-hybridized carbons (Fsp3) is 0.455. The number of hydrogen-bond donors (Lipinski definition) is 0. The van der Waals surface area contributed by atoms with Crippen molar-refractivity contribution in [2.75, 3.05) is 7.05 Å². The highest BCUT2D eigenvalue weighted by atomic mass is 32.2. The lowest BCUT2D eigenvalue weighted by atomic mass is 10.3. The van der Waals surface area contributed by atoms with Gasteiger partial charge in [-0.25, -0.2) is 8.42 Å². The second kappa shape index (κ2) is 4.78. The molecule has 2 aromatic heterocycles. The molecule has 0 bridgehead atoms. The third-order valence-electron chi connectivity index (χ3n) is 2.90. The van der Waals surface area contributed by atoms with E-state index in [4.69, 9.17) is 0 Å². The van der Waals surface area contributed by atoms with Gasteiger partial charge >= 0.3 is 0 Å². The second-order valence-electron chi connectivity index (χ2n) is 4.52. The Bertz CT molecular complexity index is 686. The van der Waals surface area contributed by atoms with E-state index >= 15 is 0 Å². The Labute approximate surface area is 112 Å². The molecule has 7 nitrogen and oxygen atoms in total. The lowest BCUT2D eigenvalue weighted by Crippen LogP contribution is -2.26. The highest BCUT2D eigenvalue weighted by molar-refractivity contribution is 7.89. The van der Waals surface area contributed by atoms with E-state index in [0.717, 1.165) is 11.3 Å². The van der Waals surface area contributed by atoms with Crippen molar-refractivity contribution in [1.82, 2.24) is 23.9 Å². The van der Waals surface area contributed by atoms with E-state index in [0.29, 0.717) is 0 Å². The van der Waals surface area contributed by atoms with Crippen LogP contribution in [0, 0.1) is 6.92 Å². The highest BCUT2D eigenvalue weighted by Crippen LogP contribution is 2.16. The van der Waals surface area contributed by atoms with Crippen LogP contribution in [0.4, 0.5) is 0 Å². The van der Waals surface area contributed by atoms with Gasteiger partial charge in [0.05, 0.1) is 11.9 Å². The molecular weight excluding hydrogens is 266 g/mol. The zero-order chi connectivity index (χ0) is 14.2. The van der Waals surface area contributed by atoms with Crippen LogP contribution in [0.25, 0.3) is 0 Å². The zero-order valence-electron chi connectivity index (χ0n) is 11.4. The van der Waals surface area contributed by atoms with Gasteiger partial charge in [-0.15, -0.1) is 0 Å². The van der Waals surface area contributed by atoms with Crippen molar-refractivity contribution in [1.29, 1.82) is 0 Å². The van der Waals surface area contributed by atoms with Crippen LogP contribution < -0.4 is 0 Å². The van der Waals surface area contributed by atoms with Crippen molar-refractivity contribution in [3.8, 4) is 0 Å². The van der Waals surface area contributed by atoms with Crippen molar-refractivity contribution >= 4 is 10.0 Å². The molecule has 0 aromatic carbocycles. The minimum absolute atomic E-state index is 0.194. The largest absolute Gasteiger partial charge is 0.275 e. The Kier molecular flexibility index (Phi) is 3.46. The summed E-state index contributed by atoms with van der Waals surface area (Å²) in [5.74, 6) is 0. The average Bonchev–Trinajstić information content (AvgIpc) is 2.86. The van der Waals surface area contributed by atoms with Crippen LogP contribution in [-0.2, 0) is 30.7 Å². The molecule has 0 aliphatic carbocycles. The molecule has 8 heteroatoms. The molecule has 0 N–H and O–H groups in total. The number of sulfonamides is 1. The lowest BCUT2D eigenvalue weighted by Gasteiger charge is -2.15. The van der Waals surface area contributed by atoms with E-state index in [-0.39, 0.29) is 11.4 Å². The van der Waals surface area contributed by atoms with Gasteiger partial charge in [0, 0.05) is 45.6 Å². The molecule has 0 amide bonds. The van der Waals surface area contributed by atoms with Crippen LogP contribution in [0.3, 0.4) is 0 Å². The van der Waals surface area contributed by atoms with E-state index in [2.05, 4.69) is 10.2 Å². The summed E-state index contributed by atoms with van der Waals surface area (Å²) < 4.78 is 29.1. The standard InChI is InChI=1S/C11H17N5O2S/c1-9-10(6-15(3)13-9)7-16(4)19(17,18)11-5-12-14(2)8-11/h5-6,8H,7H2,1-4H3. The van der Waals surface area contributed by atoms with E-state index in [9.17, 15) is 8.42 Å². The SMILES string of the molecule is Cc1nn(C)cc1CN(C)S(=O)(=O)c1cnn(C)c1. The van der Waals surface area contributed by atoms with Crippen molar-refractivity contribution in [2.24, 2.45) is 14.1 Å². The first kappa shape index (κ1) is 13.8. The molecule has 0 fully saturated rings. The van der Waals surface area contributed by atoms with E-state index in [1.165, 1.54) is 21.4 Å². The Morgan fingerprint density at radius 2 is 1.95 bits per heavy atom. The van der Waals surface area contributed by atoms with Gasteiger partial charge in [-0.3, -0.25) is 9.36 Å². The van der Waals surface area contributed by atoms with Crippen molar-refractivity contribution in [2.45, 2.75) is 18.4 Å². The van der Waals surface area contributed by atoms with Crippen LogP contribution >= 0.6 is 0 Å². The van der Waals surface area contributed by atoms with E-state index in [1.54, 1.807) is 18.8 Å². The van der Waals surface area contributed by atoms with E-state index < -0.39 is 10.0 Å². The number of hydrogen-bond acceptors (Lipinski definition) is 4. The Morgan fingerprint density at radius 3 is 2.42 bits per heavy atom. The predicted molar refractivity (Wildman–Crippen MR) is 69.8 cm³/mol. The minimum atomic E-state index is -3.51. The van der Waals surface area contributed by atoms with Gasteiger partial charge in [-0.05, 0) is 6.92 Å². The highest BCUT2D eigenvalue weighted by Gasteiger charge is 2.23. The third kappa shape index (κ3) is 2.69. The van der Waals surface area contributed by atoms with Gasteiger partial charge in [0.25, 0.3) is 0 Å². The lowest BCUT2D eigenvalue weighted by molar-refractivity contribution is 0.466. The number of aromatic nitrogens is 4. The Balaban J connectivity index is 2.24. The van der Waals surface area contributed by atoms with Crippen molar-refractivity contribution in [3.63, 3.8) is 0 Å². The molecule has 0 saturated heterocycles. The normalized spacial score (nSPS) is 12.3. The number of rotatable bonds is 4. The van der Waals surface area contributed by atoms with Crippen LogP contribution in [0.15, 0.2) is 23.5 Å². The maximum atomic E-state index is 12.3. The first-order valence-corrected chi connectivity index (χ1v) is 7.19. The molecule has 2 rings (SSSR count). The van der Waals surface area contributed by atoms with Gasteiger partial charge in [0.1, 0.15) is 4.90 Å². The maximum absolute atomic E-state index is 12.3. The minimum Gasteiger partial charge on any atom is -0.275 e. The van der Waals surface area contributed by atoms with Gasteiger partial charge in [0.2, 0.25) is 10.0 Å². The van der Waals surface area contributed by atoms with Crippen LogP contribution in [0.1, 0.15) is 11.3 Å². The number of nitrogens with zero attached hydrogens (tertiary/aromatic N) is 5. The molecule has 2 aromatic rings. The van der Waals surface area contributed by atoms with Crippen molar-refractivity contribution in [3.05, 3.63) is 29.8 Å². The van der Waals surface area contributed by atoms with Crippen LogP contribution in [-0.4, -0.2) is 39.3 Å². The molecule has 0 aliphatic rings. The van der Waals surface area contributed by atoms with E-state index in [1.807, 2.05) is 20.2 Å². The molecular formula is C11H17N5O2S.